The van der Waals surface area contributed by atoms with Gasteiger partial charge >= 0.3 is 0 Å². The molecule has 4 rings (SSSR count). The topological polar surface area (TPSA) is 78.4 Å². The number of aromatic nitrogens is 2. The van der Waals surface area contributed by atoms with Crippen LogP contribution in [-0.4, -0.2) is 74.1 Å². The molecule has 2 atom stereocenters. The van der Waals surface area contributed by atoms with E-state index in [0.29, 0.717) is 24.9 Å². The smallest absolute Gasteiger partial charge is 0.251 e. The Labute approximate surface area is 145 Å². The molecular weight excluding hydrogens is 352 g/mol. The molecule has 7 nitrogen and oxygen atoms in total. The van der Waals surface area contributed by atoms with Gasteiger partial charge in [0.25, 0.3) is 5.92 Å². The lowest BCUT2D eigenvalue weighted by Crippen LogP contribution is -2.57. The Morgan fingerprint density at radius 1 is 1.20 bits per heavy atom. The minimum Gasteiger partial charge on any atom is -0.350 e. The van der Waals surface area contributed by atoms with Crippen molar-refractivity contribution < 1.29 is 17.2 Å². The van der Waals surface area contributed by atoms with Crippen molar-refractivity contribution in [1.82, 2.24) is 15.3 Å². The first kappa shape index (κ1) is 16.9. The zero-order chi connectivity index (χ0) is 17.7. The van der Waals surface area contributed by atoms with Gasteiger partial charge in [0.1, 0.15) is 5.82 Å². The molecule has 3 fully saturated rings. The molecule has 3 saturated heterocycles. The first-order chi connectivity index (χ1) is 11.8. The monoisotopic (exact) mass is 373 g/mol. The number of hydrogen-bond donors (Lipinski definition) is 1. The Kier molecular flexibility index (Phi) is 4.06. The van der Waals surface area contributed by atoms with E-state index in [4.69, 9.17) is 0 Å². The van der Waals surface area contributed by atoms with Gasteiger partial charge in [0.05, 0.1) is 17.5 Å². The van der Waals surface area contributed by atoms with Crippen molar-refractivity contribution in [2.45, 2.75) is 30.8 Å². The fraction of sp³-hybridized carbons (Fsp3) is 0.733. The summed E-state index contributed by atoms with van der Waals surface area (Å²) in [5.74, 6) is -1.26. The summed E-state index contributed by atoms with van der Waals surface area (Å²) in [5, 5.41) is 3.27. The maximum atomic E-state index is 13.3. The Morgan fingerprint density at radius 3 is 2.72 bits per heavy atom. The normalized spacial score (nSPS) is 31.0. The molecule has 1 aromatic rings. The van der Waals surface area contributed by atoms with E-state index in [1.54, 1.807) is 17.2 Å². The third-order valence-electron chi connectivity index (χ3n) is 5.18. The van der Waals surface area contributed by atoms with Crippen molar-refractivity contribution in [3.05, 3.63) is 12.3 Å². The summed E-state index contributed by atoms with van der Waals surface area (Å²) in [5.41, 5.74) is 0. The summed E-state index contributed by atoms with van der Waals surface area (Å²) >= 11 is 0. The highest BCUT2D eigenvalue weighted by molar-refractivity contribution is 7.91. The number of sulfone groups is 1. The average Bonchev–Trinajstić information content (AvgIpc) is 2.88. The number of hydrogen-bond acceptors (Lipinski definition) is 7. The average molecular weight is 373 g/mol. The Hall–Kier alpha value is -1.55. The highest BCUT2D eigenvalue weighted by Crippen LogP contribution is 2.30. The van der Waals surface area contributed by atoms with Crippen LogP contribution in [0.4, 0.5) is 20.5 Å². The first-order valence-corrected chi connectivity index (χ1v) is 10.3. The van der Waals surface area contributed by atoms with Gasteiger partial charge in [-0.05, 0) is 6.07 Å². The maximum Gasteiger partial charge on any atom is 0.251 e. The summed E-state index contributed by atoms with van der Waals surface area (Å²) in [4.78, 5) is 12.6. The van der Waals surface area contributed by atoms with Gasteiger partial charge in [-0.25, -0.2) is 22.2 Å². The van der Waals surface area contributed by atoms with E-state index < -0.39 is 15.8 Å². The molecule has 0 saturated carbocycles. The van der Waals surface area contributed by atoms with Crippen LogP contribution in [0, 0.1) is 0 Å². The van der Waals surface area contributed by atoms with Gasteiger partial charge < -0.3 is 15.1 Å². The molecular formula is C15H21F2N5O2S. The van der Waals surface area contributed by atoms with Crippen LogP contribution in [0.5, 0.6) is 0 Å². The van der Waals surface area contributed by atoms with E-state index in [1.165, 1.54) is 0 Å². The molecule has 0 spiro atoms. The molecule has 0 aliphatic carbocycles. The highest BCUT2D eigenvalue weighted by Gasteiger charge is 2.43. The van der Waals surface area contributed by atoms with Crippen LogP contribution in [0.15, 0.2) is 12.3 Å². The van der Waals surface area contributed by atoms with Gasteiger partial charge in [-0.1, -0.05) is 0 Å². The summed E-state index contributed by atoms with van der Waals surface area (Å²) in [7, 11) is -3.05. The number of fused-ring (bicyclic) bond motifs is 1. The predicted octanol–water partition coefficient (Wildman–Crippen LogP) is 0.287. The molecule has 4 heterocycles. The Morgan fingerprint density at radius 2 is 1.96 bits per heavy atom. The Bertz CT molecular complexity index is 750. The lowest BCUT2D eigenvalue weighted by molar-refractivity contribution is -0.0222. The summed E-state index contributed by atoms with van der Waals surface area (Å²) in [6, 6.07) is 1.52. The van der Waals surface area contributed by atoms with Crippen LogP contribution in [0.1, 0.15) is 12.8 Å². The predicted molar refractivity (Wildman–Crippen MR) is 90.0 cm³/mol. The van der Waals surface area contributed by atoms with Gasteiger partial charge in [-0.3, -0.25) is 0 Å². The van der Waals surface area contributed by atoms with Crippen molar-refractivity contribution in [3.8, 4) is 0 Å². The summed E-state index contributed by atoms with van der Waals surface area (Å²) in [6.45, 7) is 1.79. The molecule has 0 aromatic carbocycles. The molecule has 138 valence electrons. The second kappa shape index (κ2) is 6.01. The van der Waals surface area contributed by atoms with Crippen LogP contribution >= 0.6 is 0 Å². The van der Waals surface area contributed by atoms with Crippen LogP contribution in [-0.2, 0) is 9.84 Å². The molecule has 10 heteroatoms. The van der Waals surface area contributed by atoms with Crippen LogP contribution in [0.25, 0.3) is 0 Å². The second-order valence-electron chi connectivity index (χ2n) is 6.96. The fourth-order valence-corrected chi connectivity index (χ4v) is 5.79. The quantitative estimate of drug-likeness (QED) is 0.798. The SMILES string of the molecule is O=S1(=O)C[C@@H]2NCCN(c3ccnc(N4CCC(F)(F)CC4)n3)[C@@H]2C1. The number of anilines is 2. The molecule has 1 N–H and O–H groups in total. The molecule has 0 amide bonds. The minimum atomic E-state index is -3.05. The van der Waals surface area contributed by atoms with E-state index in [1.807, 2.05) is 4.90 Å². The van der Waals surface area contributed by atoms with E-state index >= 15 is 0 Å². The third kappa shape index (κ3) is 3.41. The number of alkyl halides is 2. The second-order valence-corrected chi connectivity index (χ2v) is 9.11. The summed E-state index contributed by atoms with van der Waals surface area (Å²) in [6.07, 6.45) is 1.22. The number of piperidine rings is 1. The molecule has 25 heavy (non-hydrogen) atoms. The van der Waals surface area contributed by atoms with Gasteiger partial charge in [-0.15, -0.1) is 0 Å². The highest BCUT2D eigenvalue weighted by atomic mass is 32.2. The molecule has 0 radical (unpaired) electrons. The number of nitrogens with one attached hydrogen (secondary N) is 1. The van der Waals surface area contributed by atoms with E-state index in [-0.39, 0.29) is 49.5 Å². The van der Waals surface area contributed by atoms with Gasteiger partial charge in [0.2, 0.25) is 5.95 Å². The lowest BCUT2D eigenvalue weighted by Gasteiger charge is -2.38. The summed E-state index contributed by atoms with van der Waals surface area (Å²) < 4.78 is 50.6. The standard InChI is InChI=1S/C15H21F2N5O2S/c16-15(17)2-6-21(7-3-15)14-19-4-1-13(20-14)22-8-5-18-11-9-25(23,24)10-12(11)22/h1,4,11-12,18H,2-3,5-10H2/t11-,12+/m0/s1. The van der Waals surface area contributed by atoms with Crippen LogP contribution < -0.4 is 15.1 Å². The maximum absolute atomic E-state index is 13.3. The lowest BCUT2D eigenvalue weighted by atomic mass is 10.1. The number of halogens is 2. The Balaban J connectivity index is 1.55. The first-order valence-electron chi connectivity index (χ1n) is 8.49. The van der Waals surface area contributed by atoms with E-state index in [2.05, 4.69) is 15.3 Å². The van der Waals surface area contributed by atoms with E-state index in [0.717, 1.165) is 0 Å². The van der Waals surface area contributed by atoms with E-state index in [9.17, 15) is 17.2 Å². The van der Waals surface area contributed by atoms with Gasteiger partial charge in [-0.2, -0.15) is 4.98 Å². The number of rotatable bonds is 2. The molecule has 3 aliphatic heterocycles. The molecule has 1 aromatic heterocycles. The van der Waals surface area contributed by atoms with Gasteiger partial charge in [0.15, 0.2) is 9.84 Å². The zero-order valence-electron chi connectivity index (χ0n) is 13.7. The molecule has 3 aliphatic rings. The molecule has 0 bridgehead atoms. The van der Waals surface area contributed by atoms with Crippen LogP contribution in [0.3, 0.4) is 0 Å². The van der Waals surface area contributed by atoms with Gasteiger partial charge in [0, 0.05) is 51.3 Å². The number of nitrogens with zero attached hydrogens (tertiary/aromatic N) is 4. The fourth-order valence-electron chi connectivity index (χ4n) is 3.84. The van der Waals surface area contributed by atoms with Crippen LogP contribution in [0.2, 0.25) is 0 Å². The zero-order valence-corrected chi connectivity index (χ0v) is 14.6. The molecule has 0 unspecified atom stereocenters. The van der Waals surface area contributed by atoms with Crippen molar-refractivity contribution in [2.24, 2.45) is 0 Å². The van der Waals surface area contributed by atoms with Crippen molar-refractivity contribution in [2.75, 3.05) is 47.5 Å². The largest absolute Gasteiger partial charge is 0.350 e. The van der Waals surface area contributed by atoms with Crippen molar-refractivity contribution >= 4 is 21.6 Å². The third-order valence-corrected chi connectivity index (χ3v) is 6.90. The number of piperazine rings is 1. The van der Waals surface area contributed by atoms with Crippen molar-refractivity contribution in [1.29, 1.82) is 0 Å². The minimum absolute atomic E-state index is 0.0918. The van der Waals surface area contributed by atoms with Crippen molar-refractivity contribution in [3.63, 3.8) is 0 Å².